The summed E-state index contributed by atoms with van der Waals surface area (Å²) in [7, 11) is 3.34. The minimum Gasteiger partial charge on any atom is -0.493 e. The lowest BCUT2D eigenvalue weighted by Crippen LogP contribution is -2.34. The second-order valence-corrected chi connectivity index (χ2v) is 6.39. The Morgan fingerprint density at radius 1 is 1.10 bits per heavy atom. The smallest absolute Gasteiger partial charge is 0.160 e. The highest BCUT2D eigenvalue weighted by Gasteiger charge is 2.18. The quantitative estimate of drug-likeness (QED) is 0.787. The maximum atomic E-state index is 5.35. The molecular formula is C17H29NO2. The van der Waals surface area contributed by atoms with Gasteiger partial charge in [-0.2, -0.15) is 0 Å². The van der Waals surface area contributed by atoms with Crippen LogP contribution in [0.25, 0.3) is 0 Å². The average Bonchev–Trinajstić information content (AvgIpc) is 2.43. The predicted octanol–water partition coefficient (Wildman–Crippen LogP) is 3.66. The van der Waals surface area contributed by atoms with Crippen LogP contribution in [0.3, 0.4) is 0 Å². The Hall–Kier alpha value is -1.22. The minimum atomic E-state index is 0.289. The van der Waals surface area contributed by atoms with Gasteiger partial charge in [0, 0.05) is 12.6 Å². The summed E-state index contributed by atoms with van der Waals surface area (Å²) >= 11 is 0. The first-order chi connectivity index (χ1) is 9.38. The van der Waals surface area contributed by atoms with Crippen LogP contribution in [0.5, 0.6) is 11.5 Å². The highest BCUT2D eigenvalue weighted by atomic mass is 16.5. The molecule has 3 heteroatoms. The van der Waals surface area contributed by atoms with Gasteiger partial charge in [0.2, 0.25) is 0 Å². The molecule has 0 heterocycles. The SMILES string of the molecule is COc1ccc(CCC(C)(C)CNC(C)C)cc1OC. The fourth-order valence-corrected chi connectivity index (χ4v) is 2.09. The summed E-state index contributed by atoms with van der Waals surface area (Å²) < 4.78 is 10.6. The van der Waals surface area contributed by atoms with E-state index in [-0.39, 0.29) is 5.41 Å². The first-order valence-corrected chi connectivity index (χ1v) is 7.32. The third-order valence-corrected chi connectivity index (χ3v) is 3.53. The lowest BCUT2D eigenvalue weighted by atomic mass is 9.86. The molecule has 0 radical (unpaired) electrons. The Kier molecular flexibility index (Phi) is 6.34. The molecule has 0 unspecified atom stereocenters. The van der Waals surface area contributed by atoms with Crippen LogP contribution in [0.4, 0.5) is 0 Å². The van der Waals surface area contributed by atoms with Gasteiger partial charge in [-0.1, -0.05) is 33.8 Å². The summed E-state index contributed by atoms with van der Waals surface area (Å²) in [5.74, 6) is 1.60. The van der Waals surface area contributed by atoms with E-state index >= 15 is 0 Å². The van der Waals surface area contributed by atoms with Crippen molar-refractivity contribution in [2.24, 2.45) is 5.41 Å². The molecule has 0 aliphatic heterocycles. The van der Waals surface area contributed by atoms with Gasteiger partial charge in [-0.05, 0) is 36.0 Å². The van der Waals surface area contributed by atoms with Gasteiger partial charge in [0.1, 0.15) is 0 Å². The minimum absolute atomic E-state index is 0.289. The number of benzene rings is 1. The molecule has 1 aromatic carbocycles. The molecule has 20 heavy (non-hydrogen) atoms. The van der Waals surface area contributed by atoms with Crippen LogP contribution < -0.4 is 14.8 Å². The molecule has 0 spiro atoms. The first-order valence-electron chi connectivity index (χ1n) is 7.32. The third kappa shape index (κ3) is 5.41. The Labute approximate surface area is 123 Å². The molecule has 3 nitrogen and oxygen atoms in total. The lowest BCUT2D eigenvalue weighted by molar-refractivity contribution is 0.304. The van der Waals surface area contributed by atoms with Gasteiger partial charge in [-0.3, -0.25) is 0 Å². The van der Waals surface area contributed by atoms with Gasteiger partial charge in [-0.15, -0.1) is 0 Å². The maximum Gasteiger partial charge on any atom is 0.160 e. The van der Waals surface area contributed by atoms with Gasteiger partial charge in [0.25, 0.3) is 0 Å². The fourth-order valence-electron chi connectivity index (χ4n) is 2.09. The zero-order valence-corrected chi connectivity index (χ0v) is 13.7. The standard InChI is InChI=1S/C17H29NO2/c1-13(2)18-12-17(3,4)10-9-14-7-8-15(19-5)16(11-14)20-6/h7-8,11,13,18H,9-10,12H2,1-6H3. The second kappa shape index (κ2) is 7.53. The van der Waals surface area contributed by atoms with Crippen molar-refractivity contribution in [3.8, 4) is 11.5 Å². The van der Waals surface area contributed by atoms with Crippen LogP contribution in [0.1, 0.15) is 39.7 Å². The summed E-state index contributed by atoms with van der Waals surface area (Å²) in [6.45, 7) is 10.0. The molecule has 0 fully saturated rings. The molecule has 0 aromatic heterocycles. The molecule has 114 valence electrons. The van der Waals surface area contributed by atoms with Crippen LogP contribution in [-0.4, -0.2) is 26.8 Å². The maximum absolute atomic E-state index is 5.35. The normalized spacial score (nSPS) is 11.8. The molecule has 0 atom stereocenters. The Bertz CT molecular complexity index is 413. The number of rotatable bonds is 8. The molecule has 1 aromatic rings. The highest BCUT2D eigenvalue weighted by molar-refractivity contribution is 5.42. The van der Waals surface area contributed by atoms with Crippen molar-refractivity contribution in [2.45, 2.75) is 46.6 Å². The fraction of sp³-hybridized carbons (Fsp3) is 0.647. The van der Waals surface area contributed by atoms with Gasteiger partial charge in [0.05, 0.1) is 14.2 Å². The van der Waals surface area contributed by atoms with Crippen molar-refractivity contribution < 1.29 is 9.47 Å². The number of nitrogens with one attached hydrogen (secondary N) is 1. The van der Waals surface area contributed by atoms with Crippen LogP contribution in [-0.2, 0) is 6.42 Å². The Morgan fingerprint density at radius 2 is 1.75 bits per heavy atom. The number of hydrogen-bond acceptors (Lipinski definition) is 3. The van der Waals surface area contributed by atoms with E-state index in [0.29, 0.717) is 6.04 Å². The molecule has 0 amide bonds. The summed E-state index contributed by atoms with van der Waals surface area (Å²) in [6, 6.07) is 6.71. The molecule has 0 saturated heterocycles. The van der Waals surface area contributed by atoms with Gasteiger partial charge in [-0.25, -0.2) is 0 Å². The third-order valence-electron chi connectivity index (χ3n) is 3.53. The number of methoxy groups -OCH3 is 2. The molecule has 1 rings (SSSR count). The van der Waals surface area contributed by atoms with E-state index in [1.54, 1.807) is 14.2 Å². The average molecular weight is 279 g/mol. The second-order valence-electron chi connectivity index (χ2n) is 6.39. The molecule has 1 N–H and O–H groups in total. The van der Waals surface area contributed by atoms with Gasteiger partial charge < -0.3 is 14.8 Å². The molecule has 0 bridgehead atoms. The first kappa shape index (κ1) is 16.8. The largest absolute Gasteiger partial charge is 0.493 e. The van der Waals surface area contributed by atoms with E-state index in [1.807, 2.05) is 6.07 Å². The molecule has 0 saturated carbocycles. The van der Waals surface area contributed by atoms with Crippen molar-refractivity contribution in [1.82, 2.24) is 5.32 Å². The number of ether oxygens (including phenoxy) is 2. The lowest BCUT2D eigenvalue weighted by Gasteiger charge is -2.26. The number of aryl methyl sites for hydroxylation is 1. The highest BCUT2D eigenvalue weighted by Crippen LogP contribution is 2.29. The molecular weight excluding hydrogens is 250 g/mol. The zero-order valence-electron chi connectivity index (χ0n) is 13.7. The summed E-state index contributed by atoms with van der Waals surface area (Å²) in [5.41, 5.74) is 1.58. The van der Waals surface area contributed by atoms with Crippen molar-refractivity contribution in [3.05, 3.63) is 23.8 Å². The zero-order chi connectivity index (χ0) is 15.2. The van der Waals surface area contributed by atoms with Crippen LogP contribution in [0, 0.1) is 5.41 Å². The Morgan fingerprint density at radius 3 is 2.30 bits per heavy atom. The van der Waals surface area contributed by atoms with Crippen molar-refractivity contribution in [2.75, 3.05) is 20.8 Å². The monoisotopic (exact) mass is 279 g/mol. The van der Waals surface area contributed by atoms with Crippen molar-refractivity contribution in [1.29, 1.82) is 0 Å². The molecule has 0 aliphatic rings. The van der Waals surface area contributed by atoms with Crippen LogP contribution in [0.2, 0.25) is 0 Å². The topological polar surface area (TPSA) is 30.5 Å². The predicted molar refractivity (Wildman–Crippen MR) is 84.8 cm³/mol. The van der Waals surface area contributed by atoms with E-state index < -0.39 is 0 Å². The summed E-state index contributed by atoms with van der Waals surface area (Å²) in [6.07, 6.45) is 2.19. The summed E-state index contributed by atoms with van der Waals surface area (Å²) in [4.78, 5) is 0. The number of hydrogen-bond donors (Lipinski definition) is 1. The van der Waals surface area contributed by atoms with Crippen LogP contribution in [0.15, 0.2) is 18.2 Å². The van der Waals surface area contributed by atoms with Gasteiger partial charge >= 0.3 is 0 Å². The van der Waals surface area contributed by atoms with E-state index in [1.165, 1.54) is 5.56 Å². The van der Waals surface area contributed by atoms with Crippen molar-refractivity contribution in [3.63, 3.8) is 0 Å². The Balaban J connectivity index is 2.60. The summed E-state index contributed by atoms with van der Waals surface area (Å²) in [5, 5.41) is 3.52. The van der Waals surface area contributed by atoms with Gasteiger partial charge in [0.15, 0.2) is 11.5 Å². The van der Waals surface area contributed by atoms with Crippen molar-refractivity contribution >= 4 is 0 Å². The van der Waals surface area contributed by atoms with E-state index in [2.05, 4.69) is 45.1 Å². The van der Waals surface area contributed by atoms with E-state index in [0.717, 1.165) is 30.9 Å². The van der Waals surface area contributed by atoms with E-state index in [4.69, 9.17) is 9.47 Å². The van der Waals surface area contributed by atoms with Crippen LogP contribution >= 0.6 is 0 Å². The van der Waals surface area contributed by atoms with E-state index in [9.17, 15) is 0 Å². The molecule has 0 aliphatic carbocycles.